The second-order valence-electron chi connectivity index (χ2n) is 3.63. The minimum absolute atomic E-state index is 0. The summed E-state index contributed by atoms with van der Waals surface area (Å²) in [7, 11) is -7.51. The average molecular weight is 352 g/mol. The molecule has 108 valence electrons. The van der Waals surface area contributed by atoms with Crippen LogP contribution in [0.1, 0.15) is 0 Å². The summed E-state index contributed by atoms with van der Waals surface area (Å²) in [5, 5.41) is 0. The number of nitrogens with one attached hydrogen (secondary N) is 2. The number of hydrogen-bond donors (Lipinski definition) is 2. The third-order valence-electron chi connectivity index (χ3n) is 2.11. The fourth-order valence-corrected chi connectivity index (χ4v) is 2.23. The van der Waals surface area contributed by atoms with Gasteiger partial charge in [0.1, 0.15) is 0 Å². The van der Waals surface area contributed by atoms with E-state index in [2.05, 4.69) is 0 Å². The summed E-state index contributed by atoms with van der Waals surface area (Å²) in [6.45, 7) is 0. The van der Waals surface area contributed by atoms with E-state index in [9.17, 15) is 17.5 Å². The Hall–Kier alpha value is -0.480. The van der Waals surface area contributed by atoms with Crippen molar-refractivity contribution in [1.82, 2.24) is 0 Å². The van der Waals surface area contributed by atoms with Gasteiger partial charge in [0, 0.05) is 29.8 Å². The van der Waals surface area contributed by atoms with E-state index in [1.54, 1.807) is 36.4 Å². The van der Waals surface area contributed by atoms with E-state index >= 15 is 0 Å². The van der Waals surface area contributed by atoms with E-state index in [-0.39, 0.29) is 47.5 Å². The molecule has 0 heterocycles. The summed E-state index contributed by atoms with van der Waals surface area (Å²) < 4.78 is 55.3. The molecule has 9 heteroatoms. The molecule has 2 aromatic rings. The van der Waals surface area contributed by atoms with Crippen LogP contribution < -0.4 is 0 Å². The first-order chi connectivity index (χ1) is 9.21. The number of rotatable bonds is 2. The van der Waals surface area contributed by atoms with E-state index in [1.165, 1.54) is 24.3 Å². The molecule has 2 aromatic carbocycles. The second-order valence-corrected chi connectivity index (χ2v) is 6.59. The summed E-state index contributed by atoms with van der Waals surface area (Å²) in [6, 6.07) is 15.3. The molecule has 0 aromatic heterocycles. The summed E-state index contributed by atoms with van der Waals surface area (Å²) >= 11 is 0. The van der Waals surface area contributed by atoms with Gasteiger partial charge in [-0.3, -0.25) is 18.0 Å². The molecule has 0 fully saturated rings. The van der Waals surface area contributed by atoms with Gasteiger partial charge in [-0.15, -0.1) is 0 Å². The minimum atomic E-state index is -3.75. The molecule has 2 atom stereocenters. The minimum Gasteiger partial charge on any atom is -0.760 e. The fourth-order valence-electron chi connectivity index (χ4n) is 1.20. The van der Waals surface area contributed by atoms with Crippen molar-refractivity contribution < 1.29 is 17.5 Å². The van der Waals surface area contributed by atoms with E-state index in [1.807, 2.05) is 0 Å². The number of benzene rings is 2. The Labute approximate surface area is 154 Å². The molecule has 2 rings (SSSR count). The van der Waals surface area contributed by atoms with Crippen LogP contribution in [0, 0.1) is 9.56 Å². The summed E-state index contributed by atoms with van der Waals surface area (Å²) in [4.78, 5) is 0.0741. The Morgan fingerprint density at radius 2 is 0.905 bits per heavy atom. The largest absolute Gasteiger partial charge is 2.00 e. The van der Waals surface area contributed by atoms with Crippen molar-refractivity contribution in [3.05, 3.63) is 60.7 Å². The Morgan fingerprint density at radius 1 is 0.667 bits per heavy atom. The maximum absolute atomic E-state index is 10.5. The normalized spacial score (nSPS) is 15.3. The van der Waals surface area contributed by atoms with Gasteiger partial charge >= 0.3 is 37.7 Å². The molecule has 0 aliphatic carbocycles. The topological polar surface area (TPSA) is 128 Å². The van der Waals surface area contributed by atoms with Crippen LogP contribution >= 0.6 is 0 Å². The van der Waals surface area contributed by atoms with E-state index in [4.69, 9.17) is 9.56 Å². The van der Waals surface area contributed by atoms with Crippen molar-refractivity contribution in [2.24, 2.45) is 0 Å². The van der Waals surface area contributed by atoms with E-state index < -0.39 is 20.0 Å². The zero-order chi connectivity index (χ0) is 15.2. The van der Waals surface area contributed by atoms with Crippen LogP contribution in [-0.2, 0) is 20.0 Å². The first-order valence-corrected chi connectivity index (χ1v) is 8.27. The molecule has 0 amide bonds. The first kappa shape index (κ1) is 20.5. The zero-order valence-electron chi connectivity index (χ0n) is 10.9. The zero-order valence-corrected chi connectivity index (χ0v) is 14.8. The summed E-state index contributed by atoms with van der Waals surface area (Å²) in [5.74, 6) is 0. The molecule has 0 aliphatic rings. The van der Waals surface area contributed by atoms with Crippen LogP contribution in [0.3, 0.4) is 0 Å². The van der Waals surface area contributed by atoms with Gasteiger partial charge in [-0.1, -0.05) is 36.4 Å². The molecule has 0 radical (unpaired) electrons. The van der Waals surface area contributed by atoms with Gasteiger partial charge in [0.05, 0.1) is 0 Å². The van der Waals surface area contributed by atoms with Gasteiger partial charge in [0.2, 0.25) is 0 Å². The smallest absolute Gasteiger partial charge is 0.760 e. The summed E-state index contributed by atoms with van der Waals surface area (Å²) in [6.07, 6.45) is 0. The Balaban J connectivity index is 0.000000364. The van der Waals surface area contributed by atoms with Crippen LogP contribution in [0.5, 0.6) is 0 Å². The molecular weight excluding hydrogens is 340 g/mol. The van der Waals surface area contributed by atoms with Gasteiger partial charge in [-0.05, 0) is 24.3 Å². The third kappa shape index (κ3) is 7.91. The molecule has 0 saturated heterocycles. The molecule has 2 N–H and O–H groups in total. The fraction of sp³-hybridized carbons (Fsp3) is 0. The molecule has 0 aliphatic heterocycles. The van der Waals surface area contributed by atoms with Gasteiger partial charge in [0.15, 0.2) is 0 Å². The van der Waals surface area contributed by atoms with E-state index in [0.717, 1.165) is 0 Å². The SMILES string of the molecule is N=S(=O)([O-])c1ccccc1.N=S(=O)([O-])c1ccccc1.[Ca+2]. The quantitative estimate of drug-likeness (QED) is 0.802. The van der Waals surface area contributed by atoms with Crippen molar-refractivity contribution in [2.75, 3.05) is 0 Å². The third-order valence-corrected chi connectivity index (χ3v) is 3.89. The Kier molecular flexibility index (Phi) is 8.64. The second kappa shape index (κ2) is 8.84. The van der Waals surface area contributed by atoms with Gasteiger partial charge < -0.3 is 9.11 Å². The average Bonchev–Trinajstić information content (AvgIpc) is 2.40. The Bertz CT molecular complexity index is 681. The van der Waals surface area contributed by atoms with Crippen molar-refractivity contribution in [3.8, 4) is 0 Å². The monoisotopic (exact) mass is 352 g/mol. The van der Waals surface area contributed by atoms with Crippen LogP contribution in [0.2, 0.25) is 0 Å². The van der Waals surface area contributed by atoms with Crippen LogP contribution in [0.15, 0.2) is 70.5 Å². The van der Waals surface area contributed by atoms with Gasteiger partial charge in [0.25, 0.3) is 0 Å². The predicted molar refractivity (Wildman–Crippen MR) is 78.4 cm³/mol. The van der Waals surface area contributed by atoms with Crippen LogP contribution in [-0.4, -0.2) is 55.3 Å². The Morgan fingerprint density at radius 3 is 1.05 bits per heavy atom. The van der Waals surface area contributed by atoms with Crippen LogP contribution in [0.25, 0.3) is 0 Å². The summed E-state index contributed by atoms with van der Waals surface area (Å²) in [5.41, 5.74) is 0. The van der Waals surface area contributed by atoms with Gasteiger partial charge in [-0.2, -0.15) is 0 Å². The number of hydrogen-bond acceptors (Lipinski definition) is 6. The molecule has 0 spiro atoms. The molecular formula is C12H12CaN2O4S2. The van der Waals surface area contributed by atoms with Crippen molar-refractivity contribution in [3.63, 3.8) is 0 Å². The van der Waals surface area contributed by atoms with Crippen molar-refractivity contribution in [1.29, 1.82) is 9.56 Å². The maximum Gasteiger partial charge on any atom is 2.00 e. The molecule has 2 unspecified atom stereocenters. The molecule has 21 heavy (non-hydrogen) atoms. The first-order valence-electron chi connectivity index (χ1n) is 5.30. The standard InChI is InChI=1S/2C6H7NO2S.Ca/c2*7-10(8,9)6-4-2-1-3-5-6;/h2*1-5H,(H2,7,8,9);/q;;+2/p-2. The van der Waals surface area contributed by atoms with Crippen molar-refractivity contribution in [2.45, 2.75) is 9.79 Å². The van der Waals surface area contributed by atoms with E-state index in [0.29, 0.717) is 0 Å². The molecule has 0 bridgehead atoms. The molecule has 0 saturated carbocycles. The predicted octanol–water partition coefficient (Wildman–Crippen LogP) is 2.06. The van der Waals surface area contributed by atoms with Crippen LogP contribution in [0.4, 0.5) is 0 Å². The maximum atomic E-state index is 10.5. The van der Waals surface area contributed by atoms with Crippen molar-refractivity contribution >= 4 is 57.8 Å². The van der Waals surface area contributed by atoms with Gasteiger partial charge in [-0.25, -0.2) is 0 Å². The molecule has 6 nitrogen and oxygen atoms in total.